The molecule has 3 atom stereocenters. The lowest BCUT2D eigenvalue weighted by molar-refractivity contribution is 0.250. The predicted octanol–water partition coefficient (Wildman–Crippen LogP) is 2.65. The zero-order valence-corrected chi connectivity index (χ0v) is 9.65. The fraction of sp³-hybridized carbons (Fsp3) is 0.500. The summed E-state index contributed by atoms with van der Waals surface area (Å²) in [5, 5.41) is 0. The molecule has 14 heavy (non-hydrogen) atoms. The maximum Gasteiger partial charge on any atom is 0.0342 e. The molecule has 2 heterocycles. The van der Waals surface area contributed by atoms with Crippen molar-refractivity contribution in [3.05, 3.63) is 35.9 Å². The van der Waals surface area contributed by atoms with Gasteiger partial charge in [-0.25, -0.2) is 0 Å². The van der Waals surface area contributed by atoms with Gasteiger partial charge in [0, 0.05) is 24.0 Å². The van der Waals surface area contributed by atoms with Crippen LogP contribution in [0, 0.1) is 5.92 Å². The summed E-state index contributed by atoms with van der Waals surface area (Å²) in [6.45, 7) is 2.42. The Bertz CT molecular complexity index is 324. The van der Waals surface area contributed by atoms with E-state index in [1.165, 1.54) is 18.5 Å². The standard InChI is InChI=1S/C12H14BrN/c13-12-10-6-11(12)14(8-10)7-9-4-2-1-3-5-9/h1-5,10-12H,6-8H2/t10-,11-,12-/m1/s1. The van der Waals surface area contributed by atoms with Crippen molar-refractivity contribution in [2.24, 2.45) is 5.92 Å². The van der Waals surface area contributed by atoms with E-state index < -0.39 is 0 Å². The molecule has 74 valence electrons. The van der Waals surface area contributed by atoms with Gasteiger partial charge in [-0.1, -0.05) is 46.3 Å². The number of halogens is 1. The van der Waals surface area contributed by atoms with Gasteiger partial charge in [0.05, 0.1) is 0 Å². The minimum absolute atomic E-state index is 0.770. The minimum atomic E-state index is 0.770. The first-order valence-electron chi connectivity index (χ1n) is 5.26. The van der Waals surface area contributed by atoms with Gasteiger partial charge in [-0.05, 0) is 17.9 Å². The molecule has 3 fully saturated rings. The quantitative estimate of drug-likeness (QED) is 0.731. The molecule has 0 amide bonds. The van der Waals surface area contributed by atoms with Crippen LogP contribution in [0.15, 0.2) is 30.3 Å². The first kappa shape index (κ1) is 8.93. The molecule has 2 bridgehead atoms. The molecule has 2 aliphatic heterocycles. The van der Waals surface area contributed by atoms with Gasteiger partial charge in [-0.3, -0.25) is 4.90 Å². The van der Waals surface area contributed by atoms with E-state index in [2.05, 4.69) is 51.2 Å². The van der Waals surface area contributed by atoms with Crippen molar-refractivity contribution >= 4 is 15.9 Å². The lowest BCUT2D eigenvalue weighted by Crippen LogP contribution is -2.39. The molecule has 1 saturated carbocycles. The van der Waals surface area contributed by atoms with E-state index in [1.54, 1.807) is 0 Å². The number of nitrogens with zero attached hydrogens (tertiary/aromatic N) is 1. The molecular weight excluding hydrogens is 238 g/mol. The summed E-state index contributed by atoms with van der Waals surface area (Å²) < 4.78 is 0. The molecule has 0 N–H and O–H groups in total. The zero-order valence-electron chi connectivity index (χ0n) is 8.07. The highest BCUT2D eigenvalue weighted by Gasteiger charge is 2.50. The smallest absolute Gasteiger partial charge is 0.0342 e. The number of rotatable bonds is 2. The van der Waals surface area contributed by atoms with E-state index >= 15 is 0 Å². The predicted molar refractivity (Wildman–Crippen MR) is 61.5 cm³/mol. The number of alkyl halides is 1. The molecule has 3 aliphatic rings. The van der Waals surface area contributed by atoms with E-state index in [1.807, 2.05) is 0 Å². The second-order valence-electron chi connectivity index (χ2n) is 4.42. The normalized spacial score (nSPS) is 35.6. The Kier molecular flexibility index (Phi) is 2.14. The number of hydrogen-bond donors (Lipinski definition) is 0. The average molecular weight is 252 g/mol. The Morgan fingerprint density at radius 1 is 1.29 bits per heavy atom. The van der Waals surface area contributed by atoms with Crippen molar-refractivity contribution in [1.29, 1.82) is 0 Å². The molecule has 0 unspecified atom stereocenters. The Labute approximate surface area is 93.2 Å². The van der Waals surface area contributed by atoms with Crippen molar-refractivity contribution in [2.75, 3.05) is 6.54 Å². The van der Waals surface area contributed by atoms with E-state index in [-0.39, 0.29) is 0 Å². The van der Waals surface area contributed by atoms with Gasteiger partial charge in [0.15, 0.2) is 0 Å². The lowest BCUT2D eigenvalue weighted by atomic mass is 9.86. The Balaban J connectivity index is 1.69. The van der Waals surface area contributed by atoms with Crippen LogP contribution in [0.3, 0.4) is 0 Å². The van der Waals surface area contributed by atoms with E-state index in [0.29, 0.717) is 0 Å². The molecule has 0 aromatic heterocycles. The number of hydrogen-bond acceptors (Lipinski definition) is 1. The molecule has 2 heteroatoms. The highest BCUT2D eigenvalue weighted by molar-refractivity contribution is 9.09. The van der Waals surface area contributed by atoms with Crippen molar-refractivity contribution in [3.8, 4) is 0 Å². The molecule has 0 spiro atoms. The Hall–Kier alpha value is -0.340. The molecular formula is C12H14BrN. The lowest BCUT2D eigenvalue weighted by Gasteiger charge is -2.32. The van der Waals surface area contributed by atoms with Gasteiger partial charge in [-0.15, -0.1) is 0 Å². The maximum atomic E-state index is 3.77. The third kappa shape index (κ3) is 1.32. The minimum Gasteiger partial charge on any atom is -0.295 e. The van der Waals surface area contributed by atoms with Gasteiger partial charge in [0.1, 0.15) is 0 Å². The SMILES string of the molecule is Br[C@@H]1[C@@H]2C[C@H]1N(Cc1ccccc1)C2. The van der Waals surface area contributed by atoms with Gasteiger partial charge < -0.3 is 0 Å². The van der Waals surface area contributed by atoms with E-state index in [9.17, 15) is 0 Å². The largest absolute Gasteiger partial charge is 0.295 e. The summed E-state index contributed by atoms with van der Waals surface area (Å²) in [5.74, 6) is 0.920. The fourth-order valence-corrected chi connectivity index (χ4v) is 3.58. The van der Waals surface area contributed by atoms with Crippen LogP contribution in [-0.4, -0.2) is 22.3 Å². The third-order valence-electron chi connectivity index (χ3n) is 3.53. The Morgan fingerprint density at radius 2 is 2.07 bits per heavy atom. The number of fused-ring (bicyclic) bond motifs is 1. The van der Waals surface area contributed by atoms with Crippen LogP contribution in [0.4, 0.5) is 0 Å². The van der Waals surface area contributed by atoms with Crippen molar-refractivity contribution in [1.82, 2.24) is 4.90 Å². The molecule has 1 aliphatic carbocycles. The molecule has 4 rings (SSSR count). The molecule has 2 saturated heterocycles. The van der Waals surface area contributed by atoms with Crippen molar-refractivity contribution in [3.63, 3.8) is 0 Å². The van der Waals surface area contributed by atoms with Gasteiger partial charge >= 0.3 is 0 Å². The summed E-state index contributed by atoms with van der Waals surface area (Å²) in [6, 6.07) is 11.6. The van der Waals surface area contributed by atoms with Crippen LogP contribution in [0.25, 0.3) is 0 Å². The highest BCUT2D eigenvalue weighted by Crippen LogP contribution is 2.45. The van der Waals surface area contributed by atoms with Crippen LogP contribution in [0.1, 0.15) is 12.0 Å². The average Bonchev–Trinajstić information content (AvgIpc) is 2.75. The Morgan fingerprint density at radius 3 is 2.64 bits per heavy atom. The first-order chi connectivity index (χ1) is 6.84. The van der Waals surface area contributed by atoms with Crippen LogP contribution >= 0.6 is 15.9 Å². The molecule has 1 aromatic carbocycles. The topological polar surface area (TPSA) is 3.24 Å². The van der Waals surface area contributed by atoms with Crippen molar-refractivity contribution < 1.29 is 0 Å². The summed E-state index contributed by atoms with van der Waals surface area (Å²) in [6.07, 6.45) is 1.41. The first-order valence-corrected chi connectivity index (χ1v) is 6.18. The summed E-state index contributed by atoms with van der Waals surface area (Å²) in [7, 11) is 0. The summed E-state index contributed by atoms with van der Waals surface area (Å²) in [5.41, 5.74) is 1.44. The van der Waals surface area contributed by atoms with E-state index in [4.69, 9.17) is 0 Å². The summed E-state index contributed by atoms with van der Waals surface area (Å²) >= 11 is 3.77. The molecule has 1 nitrogen and oxygen atoms in total. The van der Waals surface area contributed by atoms with Crippen molar-refractivity contribution in [2.45, 2.75) is 23.8 Å². The number of benzene rings is 1. The van der Waals surface area contributed by atoms with Crippen LogP contribution in [0.2, 0.25) is 0 Å². The molecule has 1 aromatic rings. The maximum absolute atomic E-state index is 3.77. The second-order valence-corrected chi connectivity index (χ2v) is 5.48. The van der Waals surface area contributed by atoms with Crippen LogP contribution < -0.4 is 0 Å². The van der Waals surface area contributed by atoms with Gasteiger partial charge in [0.25, 0.3) is 0 Å². The van der Waals surface area contributed by atoms with Gasteiger partial charge in [-0.2, -0.15) is 0 Å². The molecule has 0 radical (unpaired) electrons. The van der Waals surface area contributed by atoms with Gasteiger partial charge in [0.2, 0.25) is 0 Å². The third-order valence-corrected chi connectivity index (χ3v) is 4.89. The van der Waals surface area contributed by atoms with E-state index in [0.717, 1.165) is 23.3 Å². The highest BCUT2D eigenvalue weighted by atomic mass is 79.9. The second kappa shape index (κ2) is 3.35. The zero-order chi connectivity index (χ0) is 9.54. The van der Waals surface area contributed by atoms with Crippen LogP contribution in [0.5, 0.6) is 0 Å². The monoisotopic (exact) mass is 251 g/mol. The van der Waals surface area contributed by atoms with Crippen LogP contribution in [-0.2, 0) is 6.54 Å². The fourth-order valence-electron chi connectivity index (χ4n) is 2.65. The summed E-state index contributed by atoms with van der Waals surface area (Å²) in [4.78, 5) is 3.38.